The van der Waals surface area contributed by atoms with Crippen LogP contribution in [0.3, 0.4) is 0 Å². The summed E-state index contributed by atoms with van der Waals surface area (Å²) in [6, 6.07) is 1.97. The van der Waals surface area contributed by atoms with Crippen molar-refractivity contribution in [2.24, 2.45) is 5.92 Å². The Morgan fingerprint density at radius 3 is 2.68 bits per heavy atom. The lowest BCUT2D eigenvalue weighted by atomic mass is 9.94. The predicted molar refractivity (Wildman–Crippen MR) is 73.5 cm³/mol. The van der Waals surface area contributed by atoms with E-state index in [1.54, 1.807) is 6.33 Å². The van der Waals surface area contributed by atoms with Gasteiger partial charge in [-0.25, -0.2) is 9.97 Å². The van der Waals surface area contributed by atoms with Crippen LogP contribution in [0.2, 0.25) is 0 Å². The van der Waals surface area contributed by atoms with Gasteiger partial charge in [-0.2, -0.15) is 0 Å². The minimum Gasteiger partial charge on any atom is -0.481 e. The molecule has 0 unspecified atom stereocenters. The summed E-state index contributed by atoms with van der Waals surface area (Å²) in [5, 5.41) is 8.81. The summed E-state index contributed by atoms with van der Waals surface area (Å²) < 4.78 is 0. The van der Waals surface area contributed by atoms with Crippen molar-refractivity contribution in [3.05, 3.63) is 12.4 Å². The van der Waals surface area contributed by atoms with Crippen molar-refractivity contribution in [3.8, 4) is 0 Å². The van der Waals surface area contributed by atoms with E-state index in [2.05, 4.69) is 14.9 Å². The fraction of sp³-hybridized carbons (Fsp3) is 0.615. The lowest BCUT2D eigenvalue weighted by Crippen LogP contribution is -2.35. The van der Waals surface area contributed by atoms with Crippen molar-refractivity contribution < 1.29 is 9.90 Å². The zero-order chi connectivity index (χ0) is 13.8. The van der Waals surface area contributed by atoms with Crippen LogP contribution in [0.1, 0.15) is 19.3 Å². The van der Waals surface area contributed by atoms with Crippen LogP contribution < -0.4 is 9.80 Å². The molecule has 1 fully saturated rings. The van der Waals surface area contributed by atoms with Crippen molar-refractivity contribution in [1.82, 2.24) is 9.97 Å². The van der Waals surface area contributed by atoms with E-state index >= 15 is 0 Å². The van der Waals surface area contributed by atoms with E-state index in [1.807, 2.05) is 25.1 Å². The third-order valence-electron chi connectivity index (χ3n) is 3.50. The smallest absolute Gasteiger partial charge is 0.303 e. The molecule has 0 amide bonds. The molecule has 0 spiro atoms. The van der Waals surface area contributed by atoms with Gasteiger partial charge < -0.3 is 14.9 Å². The molecule has 6 heteroatoms. The molecule has 2 rings (SSSR count). The number of rotatable bonds is 4. The number of carboxylic acids is 1. The van der Waals surface area contributed by atoms with E-state index in [0.29, 0.717) is 5.92 Å². The molecule has 0 saturated carbocycles. The zero-order valence-corrected chi connectivity index (χ0v) is 11.4. The van der Waals surface area contributed by atoms with Gasteiger partial charge >= 0.3 is 5.97 Å². The summed E-state index contributed by atoms with van der Waals surface area (Å²) in [6.07, 6.45) is 3.68. The minimum atomic E-state index is -0.699. The number of aliphatic carboxylic acids is 1. The number of nitrogens with zero attached hydrogens (tertiary/aromatic N) is 4. The Bertz CT molecular complexity index is 442. The first-order chi connectivity index (χ1) is 9.06. The van der Waals surface area contributed by atoms with Gasteiger partial charge in [0, 0.05) is 39.7 Å². The topological polar surface area (TPSA) is 69.6 Å². The van der Waals surface area contributed by atoms with E-state index in [-0.39, 0.29) is 6.42 Å². The first kappa shape index (κ1) is 13.6. The van der Waals surface area contributed by atoms with Crippen LogP contribution in [0, 0.1) is 5.92 Å². The first-order valence-corrected chi connectivity index (χ1v) is 6.52. The molecule has 1 aromatic heterocycles. The average molecular weight is 264 g/mol. The van der Waals surface area contributed by atoms with Gasteiger partial charge in [0.15, 0.2) is 0 Å². The predicted octanol–water partition coefficient (Wildman–Crippen LogP) is 1.23. The van der Waals surface area contributed by atoms with Crippen molar-refractivity contribution in [2.45, 2.75) is 19.3 Å². The van der Waals surface area contributed by atoms with Gasteiger partial charge in [0.25, 0.3) is 0 Å². The van der Waals surface area contributed by atoms with Crippen molar-refractivity contribution in [3.63, 3.8) is 0 Å². The highest BCUT2D eigenvalue weighted by Gasteiger charge is 2.22. The first-order valence-electron chi connectivity index (χ1n) is 6.52. The summed E-state index contributed by atoms with van der Waals surface area (Å²) >= 11 is 0. The monoisotopic (exact) mass is 264 g/mol. The SMILES string of the molecule is CN(C)c1cc(N2CCC(CC(=O)O)CC2)ncn1. The summed E-state index contributed by atoms with van der Waals surface area (Å²) in [4.78, 5) is 23.3. The van der Waals surface area contributed by atoms with Gasteiger partial charge in [-0.3, -0.25) is 4.79 Å². The molecule has 1 aliphatic heterocycles. The van der Waals surface area contributed by atoms with Crippen molar-refractivity contribution in [2.75, 3.05) is 37.0 Å². The number of piperidine rings is 1. The number of carboxylic acid groups (broad SMARTS) is 1. The molecule has 1 N–H and O–H groups in total. The highest BCUT2D eigenvalue weighted by atomic mass is 16.4. The van der Waals surface area contributed by atoms with Crippen molar-refractivity contribution >= 4 is 17.6 Å². The fourth-order valence-corrected chi connectivity index (χ4v) is 2.37. The number of anilines is 2. The van der Waals surface area contributed by atoms with E-state index < -0.39 is 5.97 Å². The number of hydrogen-bond donors (Lipinski definition) is 1. The third kappa shape index (κ3) is 3.56. The zero-order valence-electron chi connectivity index (χ0n) is 11.4. The second kappa shape index (κ2) is 5.86. The van der Waals surface area contributed by atoms with Crippen LogP contribution in [0.25, 0.3) is 0 Å². The lowest BCUT2D eigenvalue weighted by Gasteiger charge is -2.32. The van der Waals surface area contributed by atoms with Crippen LogP contribution in [0.15, 0.2) is 12.4 Å². The van der Waals surface area contributed by atoms with E-state index in [4.69, 9.17) is 5.11 Å². The molecule has 19 heavy (non-hydrogen) atoms. The Morgan fingerprint density at radius 1 is 1.42 bits per heavy atom. The molecular weight excluding hydrogens is 244 g/mol. The summed E-state index contributed by atoms with van der Waals surface area (Å²) in [7, 11) is 3.90. The Morgan fingerprint density at radius 2 is 2.11 bits per heavy atom. The van der Waals surface area contributed by atoms with Crippen LogP contribution in [0.4, 0.5) is 11.6 Å². The number of hydrogen-bond acceptors (Lipinski definition) is 5. The Labute approximate surface area is 113 Å². The van der Waals surface area contributed by atoms with E-state index in [0.717, 1.165) is 37.6 Å². The second-order valence-electron chi connectivity index (χ2n) is 5.16. The minimum absolute atomic E-state index is 0.278. The van der Waals surface area contributed by atoms with Gasteiger partial charge in [0.1, 0.15) is 18.0 Å². The van der Waals surface area contributed by atoms with Crippen molar-refractivity contribution in [1.29, 1.82) is 0 Å². The maximum absolute atomic E-state index is 10.7. The van der Waals surface area contributed by atoms with E-state index in [1.165, 1.54) is 0 Å². The molecule has 104 valence electrons. The molecule has 1 aromatic rings. The van der Waals surface area contributed by atoms with Crippen LogP contribution in [0.5, 0.6) is 0 Å². The molecule has 0 bridgehead atoms. The summed E-state index contributed by atoms with van der Waals surface area (Å²) in [5.41, 5.74) is 0. The molecule has 0 atom stereocenters. The molecule has 0 aromatic carbocycles. The number of carbonyl (C=O) groups is 1. The van der Waals surface area contributed by atoms with Gasteiger partial charge in [-0.15, -0.1) is 0 Å². The number of aromatic nitrogens is 2. The average Bonchev–Trinajstić information content (AvgIpc) is 2.39. The van der Waals surface area contributed by atoms with E-state index in [9.17, 15) is 4.79 Å². The summed E-state index contributed by atoms with van der Waals surface area (Å²) in [5.74, 6) is 1.41. The Kier molecular flexibility index (Phi) is 4.19. The Hall–Kier alpha value is -1.85. The molecule has 1 aliphatic rings. The molecule has 0 radical (unpaired) electrons. The van der Waals surface area contributed by atoms with Gasteiger partial charge in [0.2, 0.25) is 0 Å². The highest BCUT2D eigenvalue weighted by Crippen LogP contribution is 2.25. The van der Waals surface area contributed by atoms with Gasteiger partial charge in [-0.1, -0.05) is 0 Å². The molecular formula is C13H20N4O2. The summed E-state index contributed by atoms with van der Waals surface area (Å²) in [6.45, 7) is 1.73. The molecule has 2 heterocycles. The quantitative estimate of drug-likeness (QED) is 0.882. The maximum Gasteiger partial charge on any atom is 0.303 e. The lowest BCUT2D eigenvalue weighted by molar-refractivity contribution is -0.138. The highest BCUT2D eigenvalue weighted by molar-refractivity contribution is 5.67. The molecule has 0 aliphatic carbocycles. The normalized spacial score (nSPS) is 16.4. The van der Waals surface area contributed by atoms with Crippen LogP contribution >= 0.6 is 0 Å². The second-order valence-corrected chi connectivity index (χ2v) is 5.16. The van der Waals surface area contributed by atoms with Crippen LogP contribution in [-0.2, 0) is 4.79 Å². The third-order valence-corrected chi connectivity index (χ3v) is 3.50. The molecule has 1 saturated heterocycles. The van der Waals surface area contributed by atoms with Gasteiger partial charge in [0.05, 0.1) is 0 Å². The van der Waals surface area contributed by atoms with Gasteiger partial charge in [-0.05, 0) is 18.8 Å². The Balaban J connectivity index is 1.97. The maximum atomic E-state index is 10.7. The van der Waals surface area contributed by atoms with Crippen LogP contribution in [-0.4, -0.2) is 48.2 Å². The largest absolute Gasteiger partial charge is 0.481 e. The standard InChI is InChI=1S/C13H20N4O2/c1-16(2)11-8-12(15-9-14-11)17-5-3-10(4-6-17)7-13(18)19/h8-10H,3-7H2,1-2H3,(H,18,19). The molecule has 6 nitrogen and oxygen atoms in total. The fourth-order valence-electron chi connectivity index (χ4n) is 2.37.